The third-order valence-electron chi connectivity index (χ3n) is 4.34. The topological polar surface area (TPSA) is 41.4 Å². The fourth-order valence-electron chi connectivity index (χ4n) is 3.19. The average Bonchev–Trinajstić information content (AvgIpc) is 3.08. The highest BCUT2D eigenvalue weighted by Crippen LogP contribution is 2.21. The van der Waals surface area contributed by atoms with Gasteiger partial charge in [-0.2, -0.15) is 0 Å². The van der Waals surface area contributed by atoms with Crippen LogP contribution in [-0.2, 0) is 11.3 Å². The lowest BCUT2D eigenvalue weighted by atomic mass is 10.0. The summed E-state index contributed by atoms with van der Waals surface area (Å²) in [6, 6.07) is 0.500. The van der Waals surface area contributed by atoms with Crippen LogP contribution in [0.1, 0.15) is 25.7 Å². The zero-order chi connectivity index (χ0) is 13.1. The van der Waals surface area contributed by atoms with Crippen molar-refractivity contribution in [2.75, 3.05) is 26.2 Å². The molecule has 2 aliphatic rings. The first-order chi connectivity index (χ1) is 9.33. The summed E-state index contributed by atoms with van der Waals surface area (Å²) < 4.78 is 2.12. The Balaban J connectivity index is 1.43. The van der Waals surface area contributed by atoms with Crippen LogP contribution in [0.25, 0.3) is 0 Å². The summed E-state index contributed by atoms with van der Waals surface area (Å²) in [5.74, 6) is 0.372. The van der Waals surface area contributed by atoms with Gasteiger partial charge in [-0.05, 0) is 19.3 Å². The summed E-state index contributed by atoms with van der Waals surface area (Å²) in [5.41, 5.74) is 0. The summed E-state index contributed by atoms with van der Waals surface area (Å²) >= 11 is 0. The first-order valence-electron chi connectivity index (χ1n) is 7.30. The van der Waals surface area contributed by atoms with E-state index in [-0.39, 0.29) is 0 Å². The van der Waals surface area contributed by atoms with Gasteiger partial charge in [0.2, 0.25) is 5.91 Å². The maximum atomic E-state index is 11.7. The molecule has 19 heavy (non-hydrogen) atoms. The molecule has 2 aliphatic heterocycles. The first kappa shape index (κ1) is 12.7. The predicted molar refractivity (Wildman–Crippen MR) is 72.6 cm³/mol. The van der Waals surface area contributed by atoms with Gasteiger partial charge < -0.3 is 14.4 Å². The van der Waals surface area contributed by atoms with Gasteiger partial charge in [-0.15, -0.1) is 0 Å². The maximum absolute atomic E-state index is 11.7. The van der Waals surface area contributed by atoms with Crippen LogP contribution in [0.3, 0.4) is 0 Å². The van der Waals surface area contributed by atoms with E-state index < -0.39 is 0 Å². The van der Waals surface area contributed by atoms with Crippen LogP contribution in [0.4, 0.5) is 0 Å². The molecular formula is C14H22N4O. The largest absolute Gasteiger partial charge is 0.340 e. The standard InChI is InChI=1S/C14H22N4O/c19-14-2-1-6-18(14)13-3-7-16(8-4-13)10-11-17-9-5-15-12-17/h5,9,12-13H,1-4,6-8,10-11H2. The van der Waals surface area contributed by atoms with Crippen molar-refractivity contribution in [1.29, 1.82) is 0 Å². The minimum Gasteiger partial charge on any atom is -0.340 e. The van der Waals surface area contributed by atoms with E-state index in [0.717, 1.165) is 58.4 Å². The molecule has 0 saturated carbocycles. The molecule has 3 heterocycles. The number of amides is 1. The van der Waals surface area contributed by atoms with Gasteiger partial charge in [-0.25, -0.2) is 4.98 Å². The van der Waals surface area contributed by atoms with E-state index in [4.69, 9.17) is 0 Å². The Bertz CT molecular complexity index is 409. The van der Waals surface area contributed by atoms with Crippen LogP contribution in [0, 0.1) is 0 Å². The van der Waals surface area contributed by atoms with Gasteiger partial charge in [-0.1, -0.05) is 0 Å². The smallest absolute Gasteiger partial charge is 0.222 e. The minimum atomic E-state index is 0.372. The van der Waals surface area contributed by atoms with Crippen LogP contribution < -0.4 is 0 Å². The summed E-state index contributed by atoms with van der Waals surface area (Å²) in [6.45, 7) is 5.30. The van der Waals surface area contributed by atoms with Gasteiger partial charge in [0.25, 0.3) is 0 Å². The van der Waals surface area contributed by atoms with Crippen LogP contribution in [-0.4, -0.2) is 57.5 Å². The van der Waals surface area contributed by atoms with Gasteiger partial charge in [-0.3, -0.25) is 4.79 Å². The van der Waals surface area contributed by atoms with E-state index in [1.165, 1.54) is 0 Å². The molecule has 0 unspecified atom stereocenters. The minimum absolute atomic E-state index is 0.372. The molecule has 0 aromatic carbocycles. The average molecular weight is 262 g/mol. The lowest BCUT2D eigenvalue weighted by Crippen LogP contribution is -2.45. The third kappa shape index (κ3) is 2.97. The van der Waals surface area contributed by atoms with Crippen molar-refractivity contribution >= 4 is 5.91 Å². The van der Waals surface area contributed by atoms with Gasteiger partial charge >= 0.3 is 0 Å². The number of hydrogen-bond donors (Lipinski definition) is 0. The van der Waals surface area contributed by atoms with Crippen molar-refractivity contribution in [3.05, 3.63) is 18.7 Å². The van der Waals surface area contributed by atoms with E-state index in [1.807, 2.05) is 18.7 Å². The fraction of sp³-hybridized carbons (Fsp3) is 0.714. The summed E-state index contributed by atoms with van der Waals surface area (Å²) in [4.78, 5) is 20.4. The lowest BCUT2D eigenvalue weighted by Gasteiger charge is -2.36. The zero-order valence-corrected chi connectivity index (χ0v) is 11.4. The molecule has 0 spiro atoms. The SMILES string of the molecule is O=C1CCCN1C1CCN(CCn2ccnc2)CC1. The van der Waals surface area contributed by atoms with E-state index >= 15 is 0 Å². The third-order valence-corrected chi connectivity index (χ3v) is 4.34. The van der Waals surface area contributed by atoms with Crippen molar-refractivity contribution in [1.82, 2.24) is 19.4 Å². The number of rotatable bonds is 4. The number of hydrogen-bond acceptors (Lipinski definition) is 3. The number of carbonyl (C=O) groups excluding carboxylic acids is 1. The molecule has 5 nitrogen and oxygen atoms in total. The van der Waals surface area contributed by atoms with E-state index in [9.17, 15) is 4.79 Å². The van der Waals surface area contributed by atoms with Gasteiger partial charge in [0.05, 0.1) is 6.33 Å². The molecule has 1 amide bonds. The Morgan fingerprint density at radius 3 is 2.68 bits per heavy atom. The van der Waals surface area contributed by atoms with Crippen molar-refractivity contribution in [2.24, 2.45) is 0 Å². The highest BCUT2D eigenvalue weighted by atomic mass is 16.2. The number of imidazole rings is 1. The van der Waals surface area contributed by atoms with E-state index in [2.05, 4.69) is 19.4 Å². The molecule has 0 bridgehead atoms. The molecule has 1 aromatic rings. The van der Waals surface area contributed by atoms with Crippen molar-refractivity contribution in [3.8, 4) is 0 Å². The molecule has 2 saturated heterocycles. The second-order valence-electron chi connectivity index (χ2n) is 5.56. The lowest BCUT2D eigenvalue weighted by molar-refractivity contribution is -0.130. The number of aromatic nitrogens is 2. The van der Waals surface area contributed by atoms with Crippen LogP contribution in [0.2, 0.25) is 0 Å². The normalized spacial score (nSPS) is 22.3. The van der Waals surface area contributed by atoms with Gasteiger partial charge in [0, 0.05) is 57.6 Å². The Morgan fingerprint density at radius 2 is 2.05 bits per heavy atom. The summed E-state index contributed by atoms with van der Waals surface area (Å²) in [7, 11) is 0. The Morgan fingerprint density at radius 1 is 1.21 bits per heavy atom. The fourth-order valence-corrected chi connectivity index (χ4v) is 3.19. The number of likely N-dealkylation sites (tertiary alicyclic amines) is 2. The molecule has 0 aliphatic carbocycles. The first-order valence-corrected chi connectivity index (χ1v) is 7.30. The number of piperidine rings is 1. The molecule has 104 valence electrons. The van der Waals surface area contributed by atoms with Crippen molar-refractivity contribution in [2.45, 2.75) is 38.3 Å². The maximum Gasteiger partial charge on any atom is 0.222 e. The number of nitrogens with zero attached hydrogens (tertiary/aromatic N) is 4. The van der Waals surface area contributed by atoms with Crippen LogP contribution >= 0.6 is 0 Å². The monoisotopic (exact) mass is 262 g/mol. The molecule has 2 fully saturated rings. The highest BCUT2D eigenvalue weighted by molar-refractivity contribution is 5.78. The zero-order valence-electron chi connectivity index (χ0n) is 11.4. The quantitative estimate of drug-likeness (QED) is 0.812. The van der Waals surface area contributed by atoms with Gasteiger partial charge in [0.1, 0.15) is 0 Å². The van der Waals surface area contributed by atoms with Crippen LogP contribution in [0.15, 0.2) is 18.7 Å². The van der Waals surface area contributed by atoms with E-state index in [1.54, 1.807) is 0 Å². The van der Waals surface area contributed by atoms with Crippen molar-refractivity contribution in [3.63, 3.8) is 0 Å². The number of carbonyl (C=O) groups is 1. The molecule has 5 heteroatoms. The highest BCUT2D eigenvalue weighted by Gasteiger charge is 2.30. The second-order valence-corrected chi connectivity index (χ2v) is 5.56. The Labute approximate surface area is 114 Å². The van der Waals surface area contributed by atoms with Gasteiger partial charge in [0.15, 0.2) is 0 Å². The molecule has 0 atom stereocenters. The molecule has 3 rings (SSSR count). The Kier molecular flexibility index (Phi) is 3.82. The molecule has 0 radical (unpaired) electrons. The summed E-state index contributed by atoms with van der Waals surface area (Å²) in [5, 5.41) is 0. The molecule has 1 aromatic heterocycles. The Hall–Kier alpha value is -1.36. The van der Waals surface area contributed by atoms with E-state index in [0.29, 0.717) is 11.9 Å². The van der Waals surface area contributed by atoms with Crippen molar-refractivity contribution < 1.29 is 4.79 Å². The summed E-state index contributed by atoms with van der Waals surface area (Å²) in [6.07, 6.45) is 9.79. The molecule has 0 N–H and O–H groups in total. The van der Waals surface area contributed by atoms with Crippen LogP contribution in [0.5, 0.6) is 0 Å². The second kappa shape index (κ2) is 5.74. The molecular weight excluding hydrogens is 240 g/mol. The predicted octanol–water partition coefficient (Wildman–Crippen LogP) is 0.970.